The van der Waals surface area contributed by atoms with E-state index < -0.39 is 8.07 Å². The molecule has 0 aromatic heterocycles. The zero-order valence-electron chi connectivity index (χ0n) is 10.9. The molecule has 0 radical (unpaired) electrons. The Morgan fingerprint density at radius 3 is 2.47 bits per heavy atom. The third-order valence-electron chi connectivity index (χ3n) is 2.30. The van der Waals surface area contributed by atoms with Crippen LogP contribution in [-0.4, -0.2) is 40.0 Å². The monoisotopic (exact) mass is 270 g/mol. The van der Waals surface area contributed by atoms with E-state index in [0.717, 1.165) is 6.23 Å². The van der Waals surface area contributed by atoms with Gasteiger partial charge in [0.25, 0.3) is 0 Å². The van der Waals surface area contributed by atoms with Gasteiger partial charge in [0.1, 0.15) is 0 Å². The van der Waals surface area contributed by atoms with Crippen LogP contribution in [0.1, 0.15) is 0 Å². The van der Waals surface area contributed by atoms with Gasteiger partial charge >= 0.3 is 0 Å². The van der Waals surface area contributed by atoms with Crippen LogP contribution >= 0.6 is 11.8 Å². The summed E-state index contributed by atoms with van der Waals surface area (Å²) in [6.07, 6.45) is 0.913. The van der Waals surface area contributed by atoms with Crippen molar-refractivity contribution in [3.05, 3.63) is 30.3 Å². The molecule has 0 unspecified atom stereocenters. The molecule has 0 amide bonds. The number of methoxy groups -OCH3 is 1. The van der Waals surface area contributed by atoms with Gasteiger partial charge in [0.2, 0.25) is 0 Å². The normalized spacial score (nSPS) is 11.7. The standard InChI is InChI=1S/C13H22O2SSi/c1-14-9-10-15-11-17(2,3)12-16-13-7-5-4-6-8-13/h4-8H,9-12H2,1-3H3. The highest BCUT2D eigenvalue weighted by molar-refractivity contribution is 8.01. The molecule has 1 rings (SSSR count). The molecule has 0 atom stereocenters. The molecule has 2 nitrogen and oxygen atoms in total. The Hall–Kier alpha value is -0.293. The van der Waals surface area contributed by atoms with Gasteiger partial charge < -0.3 is 9.47 Å². The summed E-state index contributed by atoms with van der Waals surface area (Å²) in [7, 11) is 0.455. The van der Waals surface area contributed by atoms with Gasteiger partial charge in [0.15, 0.2) is 0 Å². The smallest absolute Gasteiger partial charge is 0.0878 e. The Morgan fingerprint density at radius 1 is 1.12 bits per heavy atom. The number of rotatable bonds is 8. The van der Waals surface area contributed by atoms with Crippen LogP contribution in [0.4, 0.5) is 0 Å². The summed E-state index contributed by atoms with van der Waals surface area (Å²) in [5.74, 6) is 0. The zero-order valence-corrected chi connectivity index (χ0v) is 12.8. The fraction of sp³-hybridized carbons (Fsp3) is 0.538. The molecule has 96 valence electrons. The van der Waals surface area contributed by atoms with Gasteiger partial charge in [0, 0.05) is 18.2 Å². The molecule has 1 aromatic carbocycles. The van der Waals surface area contributed by atoms with Crippen LogP contribution in [0.15, 0.2) is 35.2 Å². The zero-order chi connectivity index (χ0) is 12.6. The topological polar surface area (TPSA) is 18.5 Å². The SMILES string of the molecule is COCCOC[Si](C)(C)CSc1ccccc1. The second-order valence-corrected chi connectivity index (χ2v) is 11.3. The molecular weight excluding hydrogens is 248 g/mol. The molecule has 0 aliphatic rings. The Morgan fingerprint density at radius 2 is 1.82 bits per heavy atom. The summed E-state index contributed by atoms with van der Waals surface area (Å²) >= 11 is 1.94. The van der Waals surface area contributed by atoms with Crippen molar-refractivity contribution in [3.63, 3.8) is 0 Å². The number of ether oxygens (including phenoxy) is 2. The molecule has 4 heteroatoms. The largest absolute Gasteiger partial charge is 0.382 e. The molecule has 0 heterocycles. The number of hydrogen-bond acceptors (Lipinski definition) is 3. The summed E-state index contributed by atoms with van der Waals surface area (Å²) in [6.45, 7) is 6.14. The van der Waals surface area contributed by atoms with Gasteiger partial charge in [-0.3, -0.25) is 0 Å². The van der Waals surface area contributed by atoms with E-state index in [1.54, 1.807) is 7.11 Å². The Bertz CT molecular complexity index is 304. The fourth-order valence-electron chi connectivity index (χ4n) is 1.33. The molecule has 0 bridgehead atoms. The molecule has 17 heavy (non-hydrogen) atoms. The van der Waals surface area contributed by atoms with E-state index in [4.69, 9.17) is 9.47 Å². The first-order valence-corrected chi connectivity index (χ1v) is 10.3. The van der Waals surface area contributed by atoms with Crippen molar-refractivity contribution < 1.29 is 9.47 Å². The Balaban J connectivity index is 2.24. The Kier molecular flexibility index (Phi) is 6.88. The summed E-state index contributed by atoms with van der Waals surface area (Å²) in [5, 5.41) is 1.20. The molecule has 0 N–H and O–H groups in total. The highest BCUT2D eigenvalue weighted by Crippen LogP contribution is 2.21. The number of hydrogen-bond donors (Lipinski definition) is 0. The van der Waals surface area contributed by atoms with E-state index in [2.05, 4.69) is 43.4 Å². The highest BCUT2D eigenvalue weighted by atomic mass is 32.2. The van der Waals surface area contributed by atoms with Gasteiger partial charge in [-0.25, -0.2) is 0 Å². The van der Waals surface area contributed by atoms with Gasteiger partial charge in [-0.2, -0.15) is 0 Å². The molecule has 0 aliphatic carbocycles. The van der Waals surface area contributed by atoms with E-state index in [9.17, 15) is 0 Å². The lowest BCUT2D eigenvalue weighted by Crippen LogP contribution is -2.36. The maximum absolute atomic E-state index is 5.65. The maximum atomic E-state index is 5.65. The minimum absolute atomic E-state index is 0.691. The van der Waals surface area contributed by atoms with Crippen LogP contribution in [0.25, 0.3) is 0 Å². The third kappa shape index (κ3) is 6.88. The molecule has 0 aliphatic heterocycles. The van der Waals surface area contributed by atoms with Crippen molar-refractivity contribution in [2.24, 2.45) is 0 Å². The first kappa shape index (κ1) is 14.8. The predicted molar refractivity (Wildman–Crippen MR) is 77.3 cm³/mol. The maximum Gasteiger partial charge on any atom is 0.0878 e. The molecule has 0 saturated heterocycles. The second-order valence-electron chi connectivity index (χ2n) is 4.81. The van der Waals surface area contributed by atoms with Gasteiger partial charge in [-0.05, 0) is 17.5 Å². The average Bonchev–Trinajstić information content (AvgIpc) is 2.34. The lowest BCUT2D eigenvalue weighted by molar-refractivity contribution is 0.0907. The van der Waals surface area contributed by atoms with Crippen LogP contribution in [0.2, 0.25) is 13.1 Å². The summed E-state index contributed by atoms with van der Waals surface area (Å²) in [5.41, 5.74) is 0. The van der Waals surface area contributed by atoms with Crippen LogP contribution in [0.3, 0.4) is 0 Å². The van der Waals surface area contributed by atoms with Crippen molar-refractivity contribution in [2.75, 3.05) is 31.9 Å². The van der Waals surface area contributed by atoms with E-state index in [0.29, 0.717) is 13.2 Å². The van der Waals surface area contributed by atoms with E-state index in [-0.39, 0.29) is 0 Å². The van der Waals surface area contributed by atoms with Crippen molar-refractivity contribution in [3.8, 4) is 0 Å². The summed E-state index contributed by atoms with van der Waals surface area (Å²) < 4.78 is 10.6. The molecule has 1 aromatic rings. The number of thioether (sulfide) groups is 1. The van der Waals surface area contributed by atoms with Crippen molar-refractivity contribution in [2.45, 2.75) is 18.0 Å². The minimum atomic E-state index is -1.25. The lowest BCUT2D eigenvalue weighted by atomic mass is 10.4. The molecule has 0 fully saturated rings. The number of benzene rings is 1. The molecular formula is C13H22O2SSi. The van der Waals surface area contributed by atoms with E-state index in [1.807, 2.05) is 11.8 Å². The third-order valence-corrected chi connectivity index (χ3v) is 7.59. The minimum Gasteiger partial charge on any atom is -0.382 e. The van der Waals surface area contributed by atoms with Gasteiger partial charge in [0.05, 0.1) is 21.3 Å². The van der Waals surface area contributed by atoms with Crippen LogP contribution in [0, 0.1) is 0 Å². The molecule has 0 saturated carbocycles. The fourth-order valence-corrected chi connectivity index (χ4v) is 4.94. The van der Waals surface area contributed by atoms with Crippen LogP contribution in [0.5, 0.6) is 0 Å². The highest BCUT2D eigenvalue weighted by Gasteiger charge is 2.21. The summed E-state index contributed by atoms with van der Waals surface area (Å²) in [6, 6.07) is 10.6. The van der Waals surface area contributed by atoms with Crippen molar-refractivity contribution in [1.29, 1.82) is 0 Å². The van der Waals surface area contributed by atoms with Crippen molar-refractivity contribution >= 4 is 19.8 Å². The quantitative estimate of drug-likeness (QED) is 0.410. The van der Waals surface area contributed by atoms with Gasteiger partial charge in [-0.15, -0.1) is 11.8 Å². The van der Waals surface area contributed by atoms with E-state index in [1.165, 1.54) is 10.3 Å². The second kappa shape index (κ2) is 7.92. The predicted octanol–water partition coefficient (Wildman–Crippen LogP) is 3.23. The lowest BCUT2D eigenvalue weighted by Gasteiger charge is -2.21. The molecule has 0 spiro atoms. The van der Waals surface area contributed by atoms with Crippen LogP contribution < -0.4 is 0 Å². The summed E-state index contributed by atoms with van der Waals surface area (Å²) in [4.78, 5) is 1.35. The first-order chi connectivity index (χ1) is 8.14. The Labute approximate surface area is 110 Å². The van der Waals surface area contributed by atoms with E-state index >= 15 is 0 Å². The average molecular weight is 270 g/mol. The van der Waals surface area contributed by atoms with Crippen molar-refractivity contribution in [1.82, 2.24) is 0 Å². The van der Waals surface area contributed by atoms with Crippen LogP contribution in [-0.2, 0) is 9.47 Å². The first-order valence-electron chi connectivity index (χ1n) is 5.88. The van der Waals surface area contributed by atoms with Gasteiger partial charge in [-0.1, -0.05) is 31.3 Å².